The van der Waals surface area contributed by atoms with Crippen molar-refractivity contribution in [2.45, 2.75) is 32.6 Å². The summed E-state index contributed by atoms with van der Waals surface area (Å²) in [7, 11) is 2.05. The molecule has 3 rings (SSSR count). The molecule has 138 valence electrons. The number of amides is 1. The second-order valence-corrected chi connectivity index (χ2v) is 6.87. The molecule has 1 amide bonds. The van der Waals surface area contributed by atoms with E-state index in [0.29, 0.717) is 5.69 Å². The van der Waals surface area contributed by atoms with E-state index in [1.807, 2.05) is 31.3 Å². The van der Waals surface area contributed by atoms with Crippen molar-refractivity contribution in [1.29, 1.82) is 0 Å². The summed E-state index contributed by atoms with van der Waals surface area (Å²) in [5.74, 6) is -0.176. The molecule has 1 fully saturated rings. The smallest absolute Gasteiger partial charge is 0.274 e. The van der Waals surface area contributed by atoms with E-state index in [-0.39, 0.29) is 5.91 Å². The highest BCUT2D eigenvalue weighted by Crippen LogP contribution is 2.22. The van der Waals surface area contributed by atoms with E-state index < -0.39 is 0 Å². The van der Waals surface area contributed by atoms with E-state index in [4.69, 9.17) is 0 Å². The van der Waals surface area contributed by atoms with Gasteiger partial charge < -0.3 is 15.1 Å². The van der Waals surface area contributed by atoms with Gasteiger partial charge in [-0.2, -0.15) is 0 Å². The number of pyridine rings is 1. The Bertz CT molecular complexity index is 723. The normalized spacial score (nSPS) is 13.7. The lowest BCUT2D eigenvalue weighted by molar-refractivity contribution is 0.102. The van der Waals surface area contributed by atoms with E-state index in [0.717, 1.165) is 43.9 Å². The summed E-state index contributed by atoms with van der Waals surface area (Å²) in [5, 5.41) is 2.95. The van der Waals surface area contributed by atoms with Gasteiger partial charge in [-0.25, -0.2) is 0 Å². The van der Waals surface area contributed by atoms with Crippen LogP contribution in [0.25, 0.3) is 0 Å². The highest BCUT2D eigenvalue weighted by Gasteiger charge is 2.13. The van der Waals surface area contributed by atoms with Crippen molar-refractivity contribution in [3.05, 3.63) is 48.3 Å². The number of carbonyl (C=O) groups excluding carboxylic acids is 1. The van der Waals surface area contributed by atoms with Crippen molar-refractivity contribution in [2.75, 3.05) is 41.8 Å². The number of nitrogens with zero attached hydrogens (tertiary/aromatic N) is 3. The van der Waals surface area contributed by atoms with Crippen LogP contribution in [0.4, 0.5) is 17.1 Å². The Morgan fingerprint density at radius 1 is 1.19 bits per heavy atom. The molecule has 26 heavy (non-hydrogen) atoms. The third kappa shape index (κ3) is 4.54. The molecule has 5 nitrogen and oxygen atoms in total. The Labute approximate surface area is 156 Å². The van der Waals surface area contributed by atoms with Gasteiger partial charge in [0.2, 0.25) is 0 Å². The average molecular weight is 352 g/mol. The second kappa shape index (κ2) is 8.70. The minimum absolute atomic E-state index is 0.176. The number of anilines is 3. The van der Waals surface area contributed by atoms with Crippen LogP contribution in [0.2, 0.25) is 0 Å². The quantitative estimate of drug-likeness (QED) is 0.812. The van der Waals surface area contributed by atoms with Crippen LogP contribution in [0, 0.1) is 0 Å². The summed E-state index contributed by atoms with van der Waals surface area (Å²) in [5.41, 5.74) is 3.47. The molecule has 0 atom stereocenters. The zero-order chi connectivity index (χ0) is 18.4. The number of carbonyl (C=O) groups is 1. The van der Waals surface area contributed by atoms with Gasteiger partial charge in [0.05, 0.1) is 0 Å². The van der Waals surface area contributed by atoms with Crippen molar-refractivity contribution in [2.24, 2.45) is 0 Å². The standard InChI is InChI=1S/C21H28N4O/c1-3-4-13-24(2)19-11-12-22-20(16-19)21(26)23-17-7-9-18(10-8-17)25-14-5-6-15-25/h7-12,16H,3-6,13-15H2,1-2H3,(H,23,26). The van der Waals surface area contributed by atoms with Gasteiger partial charge in [0.25, 0.3) is 5.91 Å². The number of unbranched alkanes of at least 4 members (excludes halogenated alkanes) is 1. The number of nitrogens with one attached hydrogen (secondary N) is 1. The molecule has 0 unspecified atom stereocenters. The van der Waals surface area contributed by atoms with Crippen LogP contribution >= 0.6 is 0 Å². The van der Waals surface area contributed by atoms with Crippen LogP contribution in [0.15, 0.2) is 42.6 Å². The van der Waals surface area contributed by atoms with Crippen molar-refractivity contribution in [3.8, 4) is 0 Å². The van der Waals surface area contributed by atoms with Gasteiger partial charge >= 0.3 is 0 Å². The molecule has 5 heteroatoms. The minimum Gasteiger partial charge on any atom is -0.374 e. The topological polar surface area (TPSA) is 48.5 Å². The molecule has 0 spiro atoms. The van der Waals surface area contributed by atoms with Crippen molar-refractivity contribution < 1.29 is 4.79 Å². The molecule has 2 heterocycles. The molecule has 1 N–H and O–H groups in total. The molecule has 0 bridgehead atoms. The Kier molecular flexibility index (Phi) is 6.10. The minimum atomic E-state index is -0.176. The molecule has 1 aromatic carbocycles. The Hall–Kier alpha value is -2.56. The van der Waals surface area contributed by atoms with Gasteiger partial charge in [-0.05, 0) is 55.7 Å². The number of rotatable bonds is 7. The van der Waals surface area contributed by atoms with Crippen LogP contribution in [-0.2, 0) is 0 Å². The molecule has 1 aliphatic heterocycles. The highest BCUT2D eigenvalue weighted by atomic mass is 16.1. The van der Waals surface area contributed by atoms with Gasteiger partial charge in [-0.15, -0.1) is 0 Å². The number of benzene rings is 1. The van der Waals surface area contributed by atoms with E-state index in [2.05, 4.69) is 39.2 Å². The molecular formula is C21H28N4O. The summed E-state index contributed by atoms with van der Waals surface area (Å²) in [6, 6.07) is 11.9. The average Bonchev–Trinajstić information content (AvgIpc) is 3.21. The first-order valence-corrected chi connectivity index (χ1v) is 9.51. The maximum Gasteiger partial charge on any atom is 0.274 e. The van der Waals surface area contributed by atoms with Crippen LogP contribution in [-0.4, -0.2) is 37.6 Å². The fourth-order valence-electron chi connectivity index (χ4n) is 3.23. The van der Waals surface area contributed by atoms with Gasteiger partial charge in [0.1, 0.15) is 5.69 Å². The zero-order valence-corrected chi connectivity index (χ0v) is 15.7. The molecule has 0 saturated carbocycles. The molecular weight excluding hydrogens is 324 g/mol. The molecule has 1 aliphatic rings. The third-order valence-electron chi connectivity index (χ3n) is 4.86. The van der Waals surface area contributed by atoms with Gasteiger partial charge in [0, 0.05) is 49.9 Å². The highest BCUT2D eigenvalue weighted by molar-refractivity contribution is 6.03. The Morgan fingerprint density at radius 3 is 2.62 bits per heavy atom. The lowest BCUT2D eigenvalue weighted by Gasteiger charge is -2.19. The Balaban J connectivity index is 1.64. The first-order valence-electron chi connectivity index (χ1n) is 9.51. The van der Waals surface area contributed by atoms with Crippen LogP contribution in [0.1, 0.15) is 43.1 Å². The molecule has 1 aromatic heterocycles. The summed E-state index contributed by atoms with van der Waals surface area (Å²) < 4.78 is 0. The molecule has 0 aliphatic carbocycles. The number of aromatic nitrogens is 1. The van der Waals surface area contributed by atoms with Crippen LogP contribution in [0.5, 0.6) is 0 Å². The lowest BCUT2D eigenvalue weighted by Crippen LogP contribution is -2.20. The number of hydrogen-bond donors (Lipinski definition) is 1. The maximum absolute atomic E-state index is 12.5. The maximum atomic E-state index is 12.5. The van der Waals surface area contributed by atoms with E-state index >= 15 is 0 Å². The predicted molar refractivity (Wildman–Crippen MR) is 108 cm³/mol. The predicted octanol–water partition coefficient (Wildman–Crippen LogP) is 4.17. The summed E-state index contributed by atoms with van der Waals surface area (Å²) >= 11 is 0. The van der Waals surface area contributed by atoms with Gasteiger partial charge in [0.15, 0.2) is 0 Å². The summed E-state index contributed by atoms with van der Waals surface area (Å²) in [6.45, 7) is 5.38. The van der Waals surface area contributed by atoms with E-state index in [1.165, 1.54) is 18.5 Å². The van der Waals surface area contributed by atoms with E-state index in [9.17, 15) is 4.79 Å². The van der Waals surface area contributed by atoms with Gasteiger partial charge in [-0.3, -0.25) is 9.78 Å². The van der Waals surface area contributed by atoms with Crippen LogP contribution in [0.3, 0.4) is 0 Å². The molecule has 1 saturated heterocycles. The van der Waals surface area contributed by atoms with Crippen molar-refractivity contribution in [3.63, 3.8) is 0 Å². The van der Waals surface area contributed by atoms with Crippen molar-refractivity contribution in [1.82, 2.24) is 4.98 Å². The zero-order valence-electron chi connectivity index (χ0n) is 15.7. The van der Waals surface area contributed by atoms with Gasteiger partial charge in [-0.1, -0.05) is 13.3 Å². The fraction of sp³-hybridized carbons (Fsp3) is 0.429. The largest absolute Gasteiger partial charge is 0.374 e. The lowest BCUT2D eigenvalue weighted by atomic mass is 10.2. The monoisotopic (exact) mass is 352 g/mol. The van der Waals surface area contributed by atoms with Crippen LogP contribution < -0.4 is 15.1 Å². The summed E-state index contributed by atoms with van der Waals surface area (Å²) in [4.78, 5) is 21.3. The molecule has 2 aromatic rings. The van der Waals surface area contributed by atoms with E-state index in [1.54, 1.807) is 6.20 Å². The molecule has 0 radical (unpaired) electrons. The third-order valence-corrected chi connectivity index (χ3v) is 4.86. The SMILES string of the molecule is CCCCN(C)c1ccnc(C(=O)Nc2ccc(N3CCCC3)cc2)c1. The fourth-order valence-corrected chi connectivity index (χ4v) is 3.23. The first kappa shape index (κ1) is 18.2. The second-order valence-electron chi connectivity index (χ2n) is 6.87. The number of hydrogen-bond acceptors (Lipinski definition) is 4. The summed E-state index contributed by atoms with van der Waals surface area (Å²) in [6.07, 6.45) is 6.49. The first-order chi connectivity index (χ1) is 12.7. The Morgan fingerprint density at radius 2 is 1.92 bits per heavy atom. The van der Waals surface area contributed by atoms with Crippen molar-refractivity contribution >= 4 is 23.0 Å².